The van der Waals surface area contributed by atoms with E-state index in [9.17, 15) is 23.3 Å². The summed E-state index contributed by atoms with van der Waals surface area (Å²) in [7, 11) is -3.75. The summed E-state index contributed by atoms with van der Waals surface area (Å²) < 4.78 is 27.3. The number of amides is 1. The Kier molecular flexibility index (Phi) is 6.94. The quantitative estimate of drug-likeness (QED) is 0.510. The van der Waals surface area contributed by atoms with Crippen molar-refractivity contribution in [2.75, 3.05) is 31.1 Å². The normalized spacial score (nSPS) is 18.1. The molecular formula is C23H28N4O5S. The fourth-order valence-electron chi connectivity index (χ4n) is 4.45. The van der Waals surface area contributed by atoms with Crippen LogP contribution < -0.4 is 10.2 Å². The molecule has 2 aliphatic heterocycles. The van der Waals surface area contributed by atoms with E-state index >= 15 is 0 Å². The van der Waals surface area contributed by atoms with E-state index in [1.165, 1.54) is 22.5 Å². The second-order valence-corrected chi connectivity index (χ2v) is 10.4. The van der Waals surface area contributed by atoms with Crippen molar-refractivity contribution in [2.24, 2.45) is 0 Å². The number of nitrogens with zero attached hydrogens (tertiary/aromatic N) is 3. The van der Waals surface area contributed by atoms with Gasteiger partial charge in [0.2, 0.25) is 10.0 Å². The highest BCUT2D eigenvalue weighted by molar-refractivity contribution is 7.89. The first kappa shape index (κ1) is 23.2. The molecule has 176 valence electrons. The standard InChI is InChI=1S/C23H28N4O5S/c28-23(18-7-3-1-4-8-18)24-19-11-15-25(16-12-19)21-10-9-20(17-22(21)27(29)30)33(31,32)26-13-5-2-6-14-26/h1,3-4,7-10,17,19H,2,5-6,11-16H2,(H,24,28). The van der Waals surface area contributed by atoms with E-state index in [1.54, 1.807) is 12.1 Å². The average Bonchev–Trinajstić information content (AvgIpc) is 2.85. The Bertz CT molecular complexity index is 1110. The highest BCUT2D eigenvalue weighted by Crippen LogP contribution is 2.34. The maximum atomic E-state index is 13.0. The third-order valence-corrected chi connectivity index (χ3v) is 8.20. The lowest BCUT2D eigenvalue weighted by Crippen LogP contribution is -2.44. The topological polar surface area (TPSA) is 113 Å². The van der Waals surface area contributed by atoms with E-state index in [-0.39, 0.29) is 22.5 Å². The number of hydrogen-bond donors (Lipinski definition) is 1. The van der Waals surface area contributed by atoms with Crippen LogP contribution in [0.3, 0.4) is 0 Å². The Morgan fingerprint density at radius 3 is 2.27 bits per heavy atom. The zero-order valence-corrected chi connectivity index (χ0v) is 19.2. The number of nitro benzene ring substituents is 1. The van der Waals surface area contributed by atoms with E-state index in [4.69, 9.17) is 0 Å². The number of anilines is 1. The van der Waals surface area contributed by atoms with Gasteiger partial charge in [-0.2, -0.15) is 4.31 Å². The molecule has 2 heterocycles. The van der Waals surface area contributed by atoms with Crippen molar-refractivity contribution in [2.45, 2.75) is 43.0 Å². The number of carbonyl (C=O) groups is 1. The molecule has 10 heteroatoms. The van der Waals surface area contributed by atoms with E-state index < -0.39 is 14.9 Å². The number of benzene rings is 2. The lowest BCUT2D eigenvalue weighted by Gasteiger charge is -2.33. The molecule has 0 unspecified atom stereocenters. The first-order valence-corrected chi connectivity index (χ1v) is 12.7. The smallest absolute Gasteiger partial charge is 0.293 e. The van der Waals surface area contributed by atoms with Crippen LogP contribution in [-0.2, 0) is 10.0 Å². The second-order valence-electron chi connectivity index (χ2n) is 8.47. The molecule has 33 heavy (non-hydrogen) atoms. The summed E-state index contributed by atoms with van der Waals surface area (Å²) in [5, 5.41) is 14.8. The lowest BCUT2D eigenvalue weighted by molar-refractivity contribution is -0.384. The summed E-state index contributed by atoms with van der Waals surface area (Å²) in [6.45, 7) is 1.94. The fraction of sp³-hybridized carbons (Fsp3) is 0.435. The van der Waals surface area contributed by atoms with Crippen molar-refractivity contribution in [1.29, 1.82) is 0 Å². The first-order valence-electron chi connectivity index (χ1n) is 11.3. The molecule has 9 nitrogen and oxygen atoms in total. The van der Waals surface area contributed by atoms with E-state index in [2.05, 4.69) is 5.32 Å². The fourth-order valence-corrected chi connectivity index (χ4v) is 5.99. The SMILES string of the molecule is O=C(NC1CCN(c2ccc(S(=O)(=O)N3CCCCC3)cc2[N+](=O)[O-])CC1)c1ccccc1. The number of sulfonamides is 1. The molecule has 0 bridgehead atoms. The Morgan fingerprint density at radius 2 is 1.64 bits per heavy atom. The molecule has 0 aromatic heterocycles. The molecule has 2 fully saturated rings. The Hall–Kier alpha value is -2.98. The minimum atomic E-state index is -3.75. The molecule has 1 amide bonds. The summed E-state index contributed by atoms with van der Waals surface area (Å²) in [6, 6.07) is 13.2. The van der Waals surface area contributed by atoms with Gasteiger partial charge < -0.3 is 10.2 Å². The Balaban J connectivity index is 1.46. The number of hydrogen-bond acceptors (Lipinski definition) is 6. The van der Waals surface area contributed by atoms with E-state index in [1.807, 2.05) is 23.1 Å². The zero-order chi connectivity index (χ0) is 23.4. The van der Waals surface area contributed by atoms with Crippen molar-refractivity contribution in [1.82, 2.24) is 9.62 Å². The molecule has 0 atom stereocenters. The average molecular weight is 473 g/mol. The number of nitro groups is 1. The van der Waals surface area contributed by atoms with Crippen LogP contribution in [0.15, 0.2) is 53.4 Å². The lowest BCUT2D eigenvalue weighted by atomic mass is 10.0. The van der Waals surface area contributed by atoms with Gasteiger partial charge in [0, 0.05) is 43.9 Å². The maximum Gasteiger partial charge on any atom is 0.293 e. The van der Waals surface area contributed by atoms with Gasteiger partial charge in [0.1, 0.15) is 5.69 Å². The highest BCUT2D eigenvalue weighted by Gasteiger charge is 2.31. The summed E-state index contributed by atoms with van der Waals surface area (Å²) >= 11 is 0. The molecular weight excluding hydrogens is 444 g/mol. The van der Waals surface area contributed by atoms with Crippen LogP contribution in [0.25, 0.3) is 0 Å². The number of nitrogens with one attached hydrogen (secondary N) is 1. The van der Waals surface area contributed by atoms with Crippen molar-refractivity contribution in [3.05, 3.63) is 64.2 Å². The van der Waals surface area contributed by atoms with E-state index in [0.717, 1.165) is 19.3 Å². The van der Waals surface area contributed by atoms with Crippen LogP contribution >= 0.6 is 0 Å². The molecule has 0 saturated carbocycles. The van der Waals surface area contributed by atoms with Crippen molar-refractivity contribution < 1.29 is 18.1 Å². The molecule has 2 aromatic carbocycles. The molecule has 1 N–H and O–H groups in total. The van der Waals surface area contributed by atoms with Gasteiger partial charge in [-0.1, -0.05) is 24.6 Å². The molecule has 0 spiro atoms. The first-order chi connectivity index (χ1) is 15.9. The summed E-state index contributed by atoms with van der Waals surface area (Å²) in [5.74, 6) is -0.132. The third kappa shape index (κ3) is 5.17. The van der Waals surface area contributed by atoms with Crippen LogP contribution in [0.2, 0.25) is 0 Å². The monoisotopic (exact) mass is 472 g/mol. The molecule has 2 aromatic rings. The highest BCUT2D eigenvalue weighted by atomic mass is 32.2. The summed E-state index contributed by atoms with van der Waals surface area (Å²) in [5.41, 5.74) is 0.798. The van der Waals surface area contributed by atoms with Gasteiger partial charge in [-0.15, -0.1) is 0 Å². The predicted octanol–water partition coefficient (Wildman–Crippen LogP) is 3.17. The van der Waals surface area contributed by atoms with Gasteiger partial charge in [0.15, 0.2) is 0 Å². The van der Waals surface area contributed by atoms with Gasteiger partial charge in [-0.05, 0) is 49.9 Å². The van der Waals surface area contributed by atoms with Crippen molar-refractivity contribution >= 4 is 27.3 Å². The van der Waals surface area contributed by atoms with Crippen LogP contribution in [0.5, 0.6) is 0 Å². The molecule has 2 aliphatic rings. The minimum Gasteiger partial charge on any atom is -0.366 e. The van der Waals surface area contributed by atoms with Crippen LogP contribution in [-0.4, -0.2) is 55.8 Å². The molecule has 0 radical (unpaired) electrons. The maximum absolute atomic E-state index is 13.0. The summed E-state index contributed by atoms with van der Waals surface area (Å²) in [4.78, 5) is 25.5. The Morgan fingerprint density at radius 1 is 0.970 bits per heavy atom. The van der Waals surface area contributed by atoms with Gasteiger partial charge in [-0.25, -0.2) is 8.42 Å². The third-order valence-electron chi connectivity index (χ3n) is 6.30. The van der Waals surface area contributed by atoms with Crippen LogP contribution in [0, 0.1) is 10.1 Å². The summed E-state index contributed by atoms with van der Waals surface area (Å²) in [6.07, 6.45) is 3.88. The number of rotatable bonds is 6. The van der Waals surface area contributed by atoms with Gasteiger partial charge in [-0.3, -0.25) is 14.9 Å². The van der Waals surface area contributed by atoms with Gasteiger partial charge >= 0.3 is 0 Å². The number of carbonyl (C=O) groups excluding carboxylic acids is 1. The second kappa shape index (κ2) is 9.88. The van der Waals surface area contributed by atoms with E-state index in [0.29, 0.717) is 50.3 Å². The van der Waals surface area contributed by atoms with Crippen LogP contribution in [0.1, 0.15) is 42.5 Å². The minimum absolute atomic E-state index is 0.0215. The molecule has 2 saturated heterocycles. The molecule has 4 rings (SSSR count). The zero-order valence-electron chi connectivity index (χ0n) is 18.4. The molecule has 0 aliphatic carbocycles. The Labute approximate surface area is 193 Å². The number of piperidine rings is 2. The van der Waals surface area contributed by atoms with Gasteiger partial charge in [0.05, 0.1) is 9.82 Å². The van der Waals surface area contributed by atoms with Gasteiger partial charge in [0.25, 0.3) is 11.6 Å². The predicted molar refractivity (Wildman–Crippen MR) is 125 cm³/mol. The largest absolute Gasteiger partial charge is 0.366 e. The van der Waals surface area contributed by atoms with Crippen molar-refractivity contribution in [3.63, 3.8) is 0 Å². The van der Waals surface area contributed by atoms with Crippen LogP contribution in [0.4, 0.5) is 11.4 Å². The van der Waals surface area contributed by atoms with Crippen molar-refractivity contribution in [3.8, 4) is 0 Å².